The van der Waals surface area contributed by atoms with Crippen LogP contribution in [0.5, 0.6) is 0 Å². The molecule has 0 fully saturated rings. The Kier molecular flexibility index (Phi) is 11.3. The molecule has 0 unspecified atom stereocenters. The summed E-state index contributed by atoms with van der Waals surface area (Å²) in [6.07, 6.45) is 4.27. The third kappa shape index (κ3) is 9.05. The van der Waals surface area contributed by atoms with Crippen molar-refractivity contribution < 1.29 is 38.1 Å². The summed E-state index contributed by atoms with van der Waals surface area (Å²) in [5.74, 6) is -0.841. The van der Waals surface area contributed by atoms with Crippen LogP contribution in [-0.4, -0.2) is 79.1 Å². The van der Waals surface area contributed by atoms with Crippen molar-refractivity contribution in [3.05, 3.63) is 82.2 Å². The molecule has 328 valence electrons. The van der Waals surface area contributed by atoms with E-state index in [1.54, 1.807) is 45.0 Å². The molecule has 4 aromatic heterocycles. The number of hydrogen-bond acceptors (Lipinski definition) is 10. The summed E-state index contributed by atoms with van der Waals surface area (Å²) in [5, 5.41) is 14.3. The predicted molar refractivity (Wildman–Crippen MR) is 237 cm³/mol. The Morgan fingerprint density at radius 3 is 1.90 bits per heavy atom. The van der Waals surface area contributed by atoms with E-state index in [0.717, 1.165) is 58.2 Å². The number of esters is 2. The summed E-state index contributed by atoms with van der Waals surface area (Å²) in [7, 11) is 2.70. The molecule has 0 bridgehead atoms. The monoisotopic (exact) mass is 846 g/mol. The minimum Gasteiger partial charge on any atom is -0.465 e. The number of benzene rings is 2. The Hall–Kier alpha value is -6.18. The Labute approximate surface area is 361 Å². The van der Waals surface area contributed by atoms with Crippen molar-refractivity contribution in [3.8, 4) is 22.8 Å². The first-order chi connectivity index (χ1) is 29.0. The van der Waals surface area contributed by atoms with Gasteiger partial charge < -0.3 is 23.9 Å². The largest absolute Gasteiger partial charge is 0.465 e. The molecule has 62 heavy (non-hydrogen) atoms. The van der Waals surface area contributed by atoms with Crippen molar-refractivity contribution in [3.63, 3.8) is 0 Å². The average Bonchev–Trinajstić information content (AvgIpc) is 3.96. The molecule has 2 aromatic carbocycles. The van der Waals surface area contributed by atoms with Crippen molar-refractivity contribution in [1.82, 2.24) is 29.5 Å². The van der Waals surface area contributed by atoms with Crippen LogP contribution in [0.2, 0.25) is 0 Å². The zero-order valence-electron chi connectivity index (χ0n) is 37.9. The number of hydrogen-bond donors (Lipinski definition) is 2. The number of H-pyrrole nitrogens is 2. The molecular formula is C48H58N6O8. The standard InChI is InChI=1S/C29H37N3O6.C19H21N3O2/c1-27(2,3)37-25(34)31-20-15-18(24(33)36-9)11-10-17(20)14-21(31)23-19-12-13-29(7,8)16-22(19)32(30-23)26(35)38-28(4,5)6;1-19(2)7-6-13-16(10-19)21-22-17(13)15-8-11-4-5-12(18(23)24-3)9-14(11)20-15/h10-11,14-15H,12-13,16H2,1-9H3;4-5,8-9,20H,6-7,10H2,1-3H3,(H,21,22). The number of nitrogens with one attached hydrogen (secondary N) is 2. The van der Waals surface area contributed by atoms with Crippen LogP contribution in [0.15, 0.2) is 48.5 Å². The van der Waals surface area contributed by atoms with Crippen LogP contribution in [0.3, 0.4) is 0 Å². The predicted octanol–water partition coefficient (Wildman–Crippen LogP) is 10.2. The van der Waals surface area contributed by atoms with Gasteiger partial charge in [-0.15, -0.1) is 0 Å². The Morgan fingerprint density at radius 2 is 1.27 bits per heavy atom. The molecule has 8 rings (SSSR count). The molecule has 0 saturated heterocycles. The first kappa shape index (κ1) is 43.9. The van der Waals surface area contributed by atoms with Crippen molar-refractivity contribution in [2.45, 2.75) is 119 Å². The second kappa shape index (κ2) is 15.9. The van der Waals surface area contributed by atoms with Crippen LogP contribution in [0.25, 0.3) is 44.6 Å². The quantitative estimate of drug-likeness (QED) is 0.128. The second-order valence-corrected chi connectivity index (χ2v) is 20.0. The van der Waals surface area contributed by atoms with Gasteiger partial charge in [-0.3, -0.25) is 5.10 Å². The molecule has 6 aromatic rings. The summed E-state index contributed by atoms with van der Waals surface area (Å²) < 4.78 is 23.9. The Morgan fingerprint density at radius 1 is 0.694 bits per heavy atom. The smallest absolute Gasteiger partial charge is 0.435 e. The van der Waals surface area contributed by atoms with Crippen LogP contribution >= 0.6 is 0 Å². The fourth-order valence-electron chi connectivity index (χ4n) is 8.29. The van der Waals surface area contributed by atoms with Crippen LogP contribution < -0.4 is 0 Å². The number of nitrogens with zero attached hydrogens (tertiary/aromatic N) is 4. The van der Waals surface area contributed by atoms with Crippen LogP contribution in [0.1, 0.15) is 125 Å². The van der Waals surface area contributed by atoms with Gasteiger partial charge in [-0.1, -0.05) is 39.8 Å². The lowest BCUT2D eigenvalue weighted by Crippen LogP contribution is -2.31. The van der Waals surface area contributed by atoms with Crippen molar-refractivity contribution in [1.29, 1.82) is 0 Å². The van der Waals surface area contributed by atoms with Gasteiger partial charge in [0.15, 0.2) is 0 Å². The van der Waals surface area contributed by atoms with E-state index in [1.807, 2.05) is 39.0 Å². The van der Waals surface area contributed by atoms with Gasteiger partial charge in [-0.2, -0.15) is 14.9 Å². The Balaban J connectivity index is 0.000000206. The molecule has 0 saturated carbocycles. The Bertz CT molecular complexity index is 2730. The normalized spacial score (nSPS) is 15.5. The lowest BCUT2D eigenvalue weighted by Gasteiger charge is -2.30. The fourth-order valence-corrected chi connectivity index (χ4v) is 8.29. The molecule has 14 heteroatoms. The van der Waals surface area contributed by atoms with Crippen molar-refractivity contribution >= 4 is 45.9 Å². The third-order valence-electron chi connectivity index (χ3n) is 11.4. The van der Waals surface area contributed by atoms with E-state index < -0.39 is 29.4 Å². The lowest BCUT2D eigenvalue weighted by atomic mass is 9.76. The summed E-state index contributed by atoms with van der Waals surface area (Å²) in [6, 6.07) is 14.5. The fraction of sp³-hybridized carbons (Fsp3) is 0.458. The van der Waals surface area contributed by atoms with E-state index in [0.29, 0.717) is 46.3 Å². The molecule has 2 aliphatic carbocycles. The van der Waals surface area contributed by atoms with Crippen LogP contribution in [0.4, 0.5) is 9.59 Å². The van der Waals surface area contributed by atoms with E-state index in [4.69, 9.17) is 24.0 Å². The lowest BCUT2D eigenvalue weighted by molar-refractivity contribution is 0.0503. The molecule has 0 spiro atoms. The van der Waals surface area contributed by atoms with Gasteiger partial charge in [0.05, 0.1) is 47.9 Å². The minimum absolute atomic E-state index is 0.0304. The molecule has 14 nitrogen and oxygen atoms in total. The molecule has 4 heterocycles. The highest BCUT2D eigenvalue weighted by Gasteiger charge is 2.36. The topological polar surface area (TPSA) is 172 Å². The van der Waals surface area contributed by atoms with Gasteiger partial charge in [0.1, 0.15) is 22.6 Å². The molecule has 2 aliphatic rings. The first-order valence-corrected chi connectivity index (χ1v) is 21.1. The maximum atomic E-state index is 13.6. The number of ether oxygens (including phenoxy) is 4. The summed E-state index contributed by atoms with van der Waals surface area (Å²) in [6.45, 7) is 19.7. The number of aromatic nitrogens is 6. The number of methoxy groups -OCH3 is 2. The first-order valence-electron chi connectivity index (χ1n) is 21.1. The SMILES string of the molecule is COC(=O)c1ccc2cc(-c3n[nH]c4c3CCC(C)(C)C4)[nH]c2c1.COC(=O)c1ccc2cc(-c3nn(C(=O)OC(C)(C)C)c4c3CCC(C)(C)C4)n(C(=O)OC(C)(C)C)c2c1. The second-order valence-electron chi connectivity index (χ2n) is 20.0. The highest BCUT2D eigenvalue weighted by Crippen LogP contribution is 2.42. The molecule has 0 radical (unpaired) electrons. The van der Waals surface area contributed by atoms with Gasteiger partial charge in [0.25, 0.3) is 0 Å². The van der Waals surface area contributed by atoms with E-state index >= 15 is 0 Å². The number of aromatic amines is 2. The van der Waals surface area contributed by atoms with Crippen LogP contribution in [0, 0.1) is 10.8 Å². The van der Waals surface area contributed by atoms with Gasteiger partial charge in [-0.05, 0) is 127 Å². The third-order valence-corrected chi connectivity index (χ3v) is 11.4. The van der Waals surface area contributed by atoms with E-state index in [-0.39, 0.29) is 11.4 Å². The molecule has 0 aliphatic heterocycles. The maximum Gasteiger partial charge on any atom is 0.435 e. The molecule has 0 amide bonds. The number of rotatable bonds is 4. The maximum absolute atomic E-state index is 13.6. The van der Waals surface area contributed by atoms with E-state index in [9.17, 15) is 19.2 Å². The van der Waals surface area contributed by atoms with E-state index in [2.05, 4.69) is 48.9 Å². The van der Waals surface area contributed by atoms with Gasteiger partial charge >= 0.3 is 24.1 Å². The van der Waals surface area contributed by atoms with Gasteiger partial charge in [0.2, 0.25) is 0 Å². The number of fused-ring (bicyclic) bond motifs is 4. The molecule has 0 atom stereocenters. The number of carbonyl (C=O) groups excluding carboxylic acids is 4. The summed E-state index contributed by atoms with van der Waals surface area (Å²) >= 11 is 0. The van der Waals surface area contributed by atoms with E-state index in [1.165, 1.54) is 41.1 Å². The van der Waals surface area contributed by atoms with Crippen LogP contribution in [-0.2, 0) is 44.6 Å². The average molecular weight is 847 g/mol. The molecular weight excluding hydrogens is 789 g/mol. The summed E-state index contributed by atoms with van der Waals surface area (Å²) in [5.41, 5.74) is 8.31. The van der Waals surface area contributed by atoms with Gasteiger partial charge in [0, 0.05) is 33.1 Å². The zero-order chi connectivity index (χ0) is 45.1. The highest BCUT2D eigenvalue weighted by molar-refractivity contribution is 6.01. The van der Waals surface area contributed by atoms with Crippen molar-refractivity contribution in [2.75, 3.05) is 14.2 Å². The van der Waals surface area contributed by atoms with Crippen molar-refractivity contribution in [2.24, 2.45) is 10.8 Å². The summed E-state index contributed by atoms with van der Waals surface area (Å²) in [4.78, 5) is 54.2. The zero-order valence-corrected chi connectivity index (χ0v) is 37.9. The van der Waals surface area contributed by atoms with Gasteiger partial charge in [-0.25, -0.2) is 23.7 Å². The molecule has 2 N–H and O–H groups in total. The number of carbonyl (C=O) groups is 4. The highest BCUT2D eigenvalue weighted by atomic mass is 16.6. The minimum atomic E-state index is -0.760.